The maximum absolute atomic E-state index is 11.9. The molecule has 1 atom stereocenters. The molecular formula is C16H22N2O4. The van der Waals surface area contributed by atoms with E-state index in [4.69, 9.17) is 14.2 Å². The van der Waals surface area contributed by atoms with Crippen molar-refractivity contribution in [3.8, 4) is 5.75 Å². The number of amides is 1. The summed E-state index contributed by atoms with van der Waals surface area (Å²) in [6.45, 7) is 6.72. The fourth-order valence-electron chi connectivity index (χ4n) is 2.66. The molecule has 2 saturated heterocycles. The highest BCUT2D eigenvalue weighted by Gasteiger charge is 2.33. The molecule has 0 N–H and O–H groups in total. The predicted octanol–water partition coefficient (Wildman–Crippen LogP) is 1.48. The van der Waals surface area contributed by atoms with E-state index in [1.165, 1.54) is 0 Å². The van der Waals surface area contributed by atoms with E-state index < -0.39 is 0 Å². The normalized spacial score (nSPS) is 22.7. The number of morpholine rings is 1. The number of para-hydroxylation sites is 1. The summed E-state index contributed by atoms with van der Waals surface area (Å²) in [6.07, 6.45) is -0.474. The van der Waals surface area contributed by atoms with E-state index in [1.807, 2.05) is 31.2 Å². The summed E-state index contributed by atoms with van der Waals surface area (Å²) in [5, 5.41) is 0. The summed E-state index contributed by atoms with van der Waals surface area (Å²) < 4.78 is 16.5. The topological polar surface area (TPSA) is 51.2 Å². The third-order valence-electron chi connectivity index (χ3n) is 3.94. The Balaban J connectivity index is 1.48. The first-order chi connectivity index (χ1) is 10.7. The molecule has 2 fully saturated rings. The molecule has 0 aliphatic carbocycles. The molecule has 6 nitrogen and oxygen atoms in total. The molecule has 1 aromatic rings. The lowest BCUT2D eigenvalue weighted by Gasteiger charge is -2.29. The molecule has 0 unspecified atom stereocenters. The maximum atomic E-state index is 11.9. The summed E-state index contributed by atoms with van der Waals surface area (Å²) in [5.74, 6) is 0.838. The lowest BCUT2D eigenvalue weighted by molar-refractivity contribution is 0.0186. The summed E-state index contributed by atoms with van der Waals surface area (Å²) in [6, 6.07) is 7.84. The lowest BCUT2D eigenvalue weighted by atomic mass is 10.2. The van der Waals surface area contributed by atoms with Gasteiger partial charge in [-0.3, -0.25) is 9.80 Å². The van der Waals surface area contributed by atoms with Crippen molar-refractivity contribution in [3.63, 3.8) is 0 Å². The fraction of sp³-hybridized carbons (Fsp3) is 0.562. The van der Waals surface area contributed by atoms with Crippen LogP contribution in [0.5, 0.6) is 5.75 Å². The van der Waals surface area contributed by atoms with Crippen molar-refractivity contribution >= 4 is 6.09 Å². The van der Waals surface area contributed by atoms with E-state index in [2.05, 4.69) is 4.90 Å². The summed E-state index contributed by atoms with van der Waals surface area (Å²) >= 11 is 0. The van der Waals surface area contributed by atoms with Crippen LogP contribution < -0.4 is 4.74 Å². The Morgan fingerprint density at radius 1 is 1.27 bits per heavy atom. The van der Waals surface area contributed by atoms with Crippen molar-refractivity contribution in [2.24, 2.45) is 0 Å². The zero-order valence-corrected chi connectivity index (χ0v) is 12.9. The SMILES string of the molecule is Cc1ccccc1OC[C@@H]1CN(CN2CCOCC2)C(=O)O1. The fourth-order valence-corrected chi connectivity index (χ4v) is 2.66. The zero-order valence-electron chi connectivity index (χ0n) is 12.9. The van der Waals surface area contributed by atoms with Crippen LogP contribution in [0.3, 0.4) is 0 Å². The second kappa shape index (κ2) is 6.98. The molecule has 6 heteroatoms. The molecular weight excluding hydrogens is 284 g/mol. The molecule has 22 heavy (non-hydrogen) atoms. The molecule has 0 radical (unpaired) electrons. The van der Waals surface area contributed by atoms with Gasteiger partial charge in [0.1, 0.15) is 12.4 Å². The first-order valence-electron chi connectivity index (χ1n) is 7.66. The van der Waals surface area contributed by atoms with Crippen molar-refractivity contribution in [1.82, 2.24) is 9.80 Å². The number of hydrogen-bond donors (Lipinski definition) is 0. The first kappa shape index (κ1) is 15.1. The largest absolute Gasteiger partial charge is 0.489 e. The average molecular weight is 306 g/mol. The number of aryl methyl sites for hydroxylation is 1. The van der Waals surface area contributed by atoms with Gasteiger partial charge < -0.3 is 14.2 Å². The lowest BCUT2D eigenvalue weighted by Crippen LogP contribution is -2.44. The average Bonchev–Trinajstić information content (AvgIpc) is 2.88. The van der Waals surface area contributed by atoms with Gasteiger partial charge in [0.25, 0.3) is 0 Å². The van der Waals surface area contributed by atoms with Crippen molar-refractivity contribution in [2.75, 3.05) is 46.1 Å². The third kappa shape index (κ3) is 3.69. The molecule has 0 bridgehead atoms. The van der Waals surface area contributed by atoms with Crippen LogP contribution in [0.2, 0.25) is 0 Å². The van der Waals surface area contributed by atoms with Gasteiger partial charge in [-0.05, 0) is 18.6 Å². The molecule has 120 valence electrons. The Morgan fingerprint density at radius 2 is 2.05 bits per heavy atom. The minimum absolute atomic E-state index is 0.215. The van der Waals surface area contributed by atoms with E-state index in [1.54, 1.807) is 4.90 Å². The zero-order chi connectivity index (χ0) is 15.4. The van der Waals surface area contributed by atoms with Gasteiger partial charge in [0, 0.05) is 13.1 Å². The standard InChI is InChI=1S/C16H22N2O4/c1-13-4-2-3-5-15(13)21-11-14-10-18(16(19)22-14)12-17-6-8-20-9-7-17/h2-5,14H,6-12H2,1H3/t14-/m0/s1. The number of benzene rings is 1. The van der Waals surface area contributed by atoms with Gasteiger partial charge in [0.2, 0.25) is 0 Å². The van der Waals surface area contributed by atoms with Gasteiger partial charge in [-0.2, -0.15) is 0 Å². The predicted molar refractivity (Wildman–Crippen MR) is 80.9 cm³/mol. The molecule has 2 aliphatic heterocycles. The number of rotatable bonds is 5. The third-order valence-corrected chi connectivity index (χ3v) is 3.94. The Morgan fingerprint density at radius 3 is 2.82 bits per heavy atom. The molecule has 1 amide bonds. The summed E-state index contributed by atoms with van der Waals surface area (Å²) in [7, 11) is 0. The Bertz CT molecular complexity index is 517. The molecule has 0 aromatic heterocycles. The van der Waals surface area contributed by atoms with E-state index in [9.17, 15) is 4.79 Å². The highest BCUT2D eigenvalue weighted by atomic mass is 16.6. The number of cyclic esters (lactones) is 1. The Labute approximate surface area is 130 Å². The molecule has 2 heterocycles. The monoisotopic (exact) mass is 306 g/mol. The molecule has 0 saturated carbocycles. The van der Waals surface area contributed by atoms with Crippen LogP contribution >= 0.6 is 0 Å². The first-order valence-corrected chi connectivity index (χ1v) is 7.66. The second-order valence-corrected chi connectivity index (χ2v) is 5.68. The van der Waals surface area contributed by atoms with Crippen molar-refractivity contribution in [2.45, 2.75) is 13.0 Å². The van der Waals surface area contributed by atoms with Gasteiger partial charge >= 0.3 is 6.09 Å². The quantitative estimate of drug-likeness (QED) is 0.825. The Kier molecular flexibility index (Phi) is 4.80. The number of ether oxygens (including phenoxy) is 3. The molecule has 2 aliphatic rings. The van der Waals surface area contributed by atoms with Crippen LogP contribution in [0, 0.1) is 6.92 Å². The van der Waals surface area contributed by atoms with E-state index in [0.29, 0.717) is 19.8 Å². The van der Waals surface area contributed by atoms with Gasteiger partial charge in [-0.25, -0.2) is 4.79 Å². The van der Waals surface area contributed by atoms with Gasteiger partial charge in [-0.15, -0.1) is 0 Å². The van der Waals surface area contributed by atoms with Gasteiger partial charge in [0.05, 0.1) is 26.4 Å². The summed E-state index contributed by atoms with van der Waals surface area (Å²) in [4.78, 5) is 15.9. The van der Waals surface area contributed by atoms with Crippen LogP contribution in [0.4, 0.5) is 4.79 Å². The van der Waals surface area contributed by atoms with E-state index in [0.717, 1.165) is 37.6 Å². The van der Waals surface area contributed by atoms with Crippen LogP contribution in [-0.4, -0.2) is 68.1 Å². The van der Waals surface area contributed by atoms with Gasteiger partial charge in [-0.1, -0.05) is 18.2 Å². The smallest absolute Gasteiger partial charge is 0.411 e. The van der Waals surface area contributed by atoms with Crippen molar-refractivity contribution < 1.29 is 19.0 Å². The van der Waals surface area contributed by atoms with Crippen molar-refractivity contribution in [3.05, 3.63) is 29.8 Å². The van der Waals surface area contributed by atoms with Crippen molar-refractivity contribution in [1.29, 1.82) is 0 Å². The highest BCUT2D eigenvalue weighted by Crippen LogP contribution is 2.19. The number of carbonyl (C=O) groups is 1. The highest BCUT2D eigenvalue weighted by molar-refractivity contribution is 5.69. The minimum Gasteiger partial charge on any atom is -0.489 e. The molecule has 3 rings (SSSR count). The van der Waals surface area contributed by atoms with Crippen LogP contribution in [0.15, 0.2) is 24.3 Å². The van der Waals surface area contributed by atoms with Crippen LogP contribution in [0.1, 0.15) is 5.56 Å². The summed E-state index contributed by atoms with van der Waals surface area (Å²) in [5.41, 5.74) is 1.08. The second-order valence-electron chi connectivity index (χ2n) is 5.68. The van der Waals surface area contributed by atoms with Crippen LogP contribution in [-0.2, 0) is 9.47 Å². The van der Waals surface area contributed by atoms with Gasteiger partial charge in [0.15, 0.2) is 6.10 Å². The minimum atomic E-state index is -0.259. The number of nitrogens with zero attached hydrogens (tertiary/aromatic N) is 2. The maximum Gasteiger partial charge on any atom is 0.411 e. The molecule has 0 spiro atoms. The van der Waals surface area contributed by atoms with E-state index >= 15 is 0 Å². The van der Waals surface area contributed by atoms with E-state index in [-0.39, 0.29) is 12.2 Å². The Hall–Kier alpha value is -1.79. The number of carbonyl (C=O) groups excluding carboxylic acids is 1. The van der Waals surface area contributed by atoms with Crippen LogP contribution in [0.25, 0.3) is 0 Å². The number of hydrogen-bond acceptors (Lipinski definition) is 5. The molecule has 1 aromatic carbocycles.